The van der Waals surface area contributed by atoms with Gasteiger partial charge in [0.2, 0.25) is 5.91 Å². The zero-order valence-electron chi connectivity index (χ0n) is 41.9. The lowest BCUT2D eigenvalue weighted by atomic mass is 10.0. The minimum Gasteiger partial charge on any atom is -0.466 e. The zero-order valence-corrected chi connectivity index (χ0v) is 41.9. The maximum Gasteiger partial charge on any atom is 0.305 e. The summed E-state index contributed by atoms with van der Waals surface area (Å²) < 4.78 is 5.47. The van der Waals surface area contributed by atoms with Crippen LogP contribution in [0.25, 0.3) is 0 Å². The highest BCUT2D eigenvalue weighted by Gasteiger charge is 2.18. The number of allylic oxidation sites excluding steroid dienone is 1. The van der Waals surface area contributed by atoms with Gasteiger partial charge in [0.05, 0.1) is 25.4 Å². The van der Waals surface area contributed by atoms with Crippen molar-refractivity contribution in [1.82, 2.24) is 5.32 Å². The van der Waals surface area contributed by atoms with Crippen LogP contribution < -0.4 is 5.32 Å². The summed E-state index contributed by atoms with van der Waals surface area (Å²) in [6.45, 7) is 4.90. The molecule has 0 saturated carbocycles. The molecule has 6 nitrogen and oxygen atoms in total. The third-order valence-electron chi connectivity index (χ3n) is 13.1. The first-order valence-corrected chi connectivity index (χ1v) is 28.0. The topological polar surface area (TPSA) is 95.9 Å². The predicted molar refractivity (Wildman–Crippen MR) is 269 cm³/mol. The number of rotatable bonds is 52. The fraction of sp³-hybridized carbons (Fsp3) is 0.929. The maximum atomic E-state index is 12.5. The van der Waals surface area contributed by atoms with Crippen LogP contribution in [-0.2, 0) is 14.3 Å². The van der Waals surface area contributed by atoms with Crippen LogP contribution in [-0.4, -0.2) is 47.4 Å². The Morgan fingerprint density at radius 2 is 0.742 bits per heavy atom. The van der Waals surface area contributed by atoms with Crippen molar-refractivity contribution in [2.45, 2.75) is 321 Å². The number of unbranched alkanes of at least 4 members (excludes halogenated alkanes) is 41. The van der Waals surface area contributed by atoms with Crippen molar-refractivity contribution in [2.24, 2.45) is 0 Å². The van der Waals surface area contributed by atoms with E-state index in [1.807, 2.05) is 6.08 Å². The molecule has 0 spiro atoms. The normalized spacial score (nSPS) is 12.6. The van der Waals surface area contributed by atoms with Gasteiger partial charge in [-0.1, -0.05) is 276 Å². The van der Waals surface area contributed by atoms with Crippen molar-refractivity contribution < 1.29 is 24.5 Å². The largest absolute Gasteiger partial charge is 0.466 e. The van der Waals surface area contributed by atoms with Gasteiger partial charge in [-0.25, -0.2) is 0 Å². The highest BCUT2D eigenvalue weighted by molar-refractivity contribution is 5.76. The fourth-order valence-electron chi connectivity index (χ4n) is 8.75. The second-order valence-corrected chi connectivity index (χ2v) is 19.3. The van der Waals surface area contributed by atoms with Gasteiger partial charge in [-0.05, 0) is 32.1 Å². The predicted octanol–water partition coefficient (Wildman–Crippen LogP) is 16.9. The first-order chi connectivity index (χ1) is 30.5. The van der Waals surface area contributed by atoms with Crippen LogP contribution in [0.4, 0.5) is 0 Å². The van der Waals surface area contributed by atoms with Gasteiger partial charge in [-0.2, -0.15) is 0 Å². The van der Waals surface area contributed by atoms with Crippen LogP contribution in [0.5, 0.6) is 0 Å². The van der Waals surface area contributed by atoms with Crippen LogP contribution in [0.3, 0.4) is 0 Å². The minimum atomic E-state index is -0.849. The Balaban J connectivity index is 3.46. The molecule has 0 aliphatic carbocycles. The molecule has 0 fully saturated rings. The highest BCUT2D eigenvalue weighted by atomic mass is 16.5. The van der Waals surface area contributed by atoms with Gasteiger partial charge >= 0.3 is 5.97 Å². The molecule has 0 heterocycles. The van der Waals surface area contributed by atoms with Crippen LogP contribution in [0.2, 0.25) is 0 Å². The smallest absolute Gasteiger partial charge is 0.305 e. The van der Waals surface area contributed by atoms with Gasteiger partial charge in [0.1, 0.15) is 0 Å². The molecule has 0 radical (unpaired) electrons. The van der Waals surface area contributed by atoms with Crippen LogP contribution in [0, 0.1) is 0 Å². The summed E-state index contributed by atoms with van der Waals surface area (Å²) in [6.07, 6.45) is 60.7. The molecule has 0 bridgehead atoms. The molecule has 0 aliphatic rings. The number of aliphatic hydroxyl groups excluding tert-OH is 2. The quantitative estimate of drug-likeness (QED) is 0.0321. The number of esters is 1. The Labute approximate surface area is 387 Å². The van der Waals surface area contributed by atoms with Gasteiger partial charge in [-0.15, -0.1) is 0 Å². The van der Waals surface area contributed by atoms with E-state index in [4.69, 9.17) is 4.74 Å². The number of carbonyl (C=O) groups is 2. The van der Waals surface area contributed by atoms with Gasteiger partial charge < -0.3 is 20.3 Å². The first-order valence-electron chi connectivity index (χ1n) is 28.0. The molecular formula is C56H109NO5. The third-order valence-corrected chi connectivity index (χ3v) is 13.1. The summed E-state index contributed by atoms with van der Waals surface area (Å²) in [6, 6.07) is -0.633. The van der Waals surface area contributed by atoms with E-state index in [1.54, 1.807) is 6.08 Å². The Bertz CT molecular complexity index is 924. The van der Waals surface area contributed by atoms with E-state index >= 15 is 0 Å². The number of amides is 1. The van der Waals surface area contributed by atoms with Crippen LogP contribution in [0.15, 0.2) is 12.2 Å². The molecule has 3 N–H and O–H groups in total. The monoisotopic (exact) mass is 876 g/mol. The molecule has 2 atom stereocenters. The second-order valence-electron chi connectivity index (χ2n) is 19.3. The van der Waals surface area contributed by atoms with Crippen molar-refractivity contribution >= 4 is 11.9 Å². The number of hydrogen-bond donors (Lipinski definition) is 3. The second kappa shape index (κ2) is 52.2. The van der Waals surface area contributed by atoms with Gasteiger partial charge in [0.15, 0.2) is 0 Å². The summed E-state index contributed by atoms with van der Waals surface area (Å²) in [4.78, 5) is 24.5. The highest BCUT2D eigenvalue weighted by Crippen LogP contribution is 2.17. The number of nitrogens with one attached hydrogen (secondary N) is 1. The van der Waals surface area contributed by atoms with Gasteiger partial charge in [0, 0.05) is 12.8 Å². The molecule has 62 heavy (non-hydrogen) atoms. The van der Waals surface area contributed by atoms with Gasteiger partial charge in [0.25, 0.3) is 0 Å². The van der Waals surface area contributed by atoms with E-state index in [0.717, 1.165) is 44.9 Å². The molecule has 6 heteroatoms. The summed E-state index contributed by atoms with van der Waals surface area (Å²) in [5.74, 6) is -0.0725. The van der Waals surface area contributed by atoms with Crippen molar-refractivity contribution in [3.8, 4) is 0 Å². The SMILES string of the molecule is CCCCCCCCCCCCCCCCC/C=C/C(O)C(CO)NC(=O)CCCCCCCCCCCCCCCCCOC(=O)CCCCCCCCCCCCCCC. The number of ether oxygens (including phenoxy) is 1. The van der Waals surface area contributed by atoms with E-state index < -0.39 is 12.1 Å². The molecule has 0 aromatic heterocycles. The lowest BCUT2D eigenvalue weighted by molar-refractivity contribution is -0.143. The molecule has 0 aromatic rings. The van der Waals surface area contributed by atoms with Gasteiger partial charge in [-0.3, -0.25) is 9.59 Å². The third kappa shape index (κ3) is 48.1. The van der Waals surface area contributed by atoms with Crippen molar-refractivity contribution in [1.29, 1.82) is 0 Å². The minimum absolute atomic E-state index is 0.00154. The Morgan fingerprint density at radius 1 is 0.435 bits per heavy atom. The van der Waals surface area contributed by atoms with Crippen LogP contribution >= 0.6 is 0 Å². The molecular weight excluding hydrogens is 767 g/mol. The molecule has 0 saturated heterocycles. The summed E-state index contributed by atoms with van der Waals surface area (Å²) >= 11 is 0. The van der Waals surface area contributed by atoms with Crippen LogP contribution in [0.1, 0.15) is 309 Å². The Morgan fingerprint density at radius 3 is 1.10 bits per heavy atom. The molecule has 0 aliphatic heterocycles. The summed E-state index contributed by atoms with van der Waals surface area (Å²) in [5, 5.41) is 23.1. The van der Waals surface area contributed by atoms with Crippen molar-refractivity contribution in [3.05, 3.63) is 12.2 Å². The zero-order chi connectivity index (χ0) is 45.1. The summed E-state index contributed by atoms with van der Waals surface area (Å²) in [5.41, 5.74) is 0. The first kappa shape index (κ1) is 60.6. The van der Waals surface area contributed by atoms with Crippen molar-refractivity contribution in [3.63, 3.8) is 0 Å². The number of carbonyl (C=O) groups excluding carboxylic acids is 2. The average Bonchev–Trinajstić information content (AvgIpc) is 3.27. The molecule has 2 unspecified atom stereocenters. The average molecular weight is 876 g/mol. The number of hydrogen-bond acceptors (Lipinski definition) is 5. The Kier molecular flexibility index (Phi) is 51.0. The number of aliphatic hydroxyl groups is 2. The maximum absolute atomic E-state index is 12.5. The van der Waals surface area contributed by atoms with E-state index in [9.17, 15) is 19.8 Å². The fourth-order valence-corrected chi connectivity index (χ4v) is 8.75. The van der Waals surface area contributed by atoms with E-state index in [2.05, 4.69) is 19.2 Å². The molecule has 1 amide bonds. The standard InChI is InChI=1S/C56H109NO5/c1-3-5-7-9-11-13-15-17-18-19-21-25-28-32-36-40-44-48-54(59)53(52-58)57-55(60)49-45-41-37-33-29-26-22-20-23-27-31-35-39-43-47-51-62-56(61)50-46-42-38-34-30-24-16-14-12-10-8-6-4-2/h44,48,53-54,58-59H,3-43,45-47,49-52H2,1-2H3,(H,57,60)/b48-44+. The van der Waals surface area contributed by atoms with E-state index in [1.165, 1.54) is 238 Å². The molecule has 0 rings (SSSR count). The van der Waals surface area contributed by atoms with E-state index in [-0.39, 0.29) is 18.5 Å². The molecule has 0 aromatic carbocycles. The van der Waals surface area contributed by atoms with Crippen molar-refractivity contribution in [2.75, 3.05) is 13.2 Å². The lowest BCUT2D eigenvalue weighted by Gasteiger charge is -2.20. The van der Waals surface area contributed by atoms with E-state index in [0.29, 0.717) is 19.4 Å². The molecule has 368 valence electrons. The Hall–Kier alpha value is -1.40. The lowest BCUT2D eigenvalue weighted by Crippen LogP contribution is -2.45. The summed E-state index contributed by atoms with van der Waals surface area (Å²) in [7, 11) is 0.